The van der Waals surface area contributed by atoms with E-state index in [1.54, 1.807) is 0 Å². The highest BCUT2D eigenvalue weighted by molar-refractivity contribution is 7.99. The van der Waals surface area contributed by atoms with Crippen LogP contribution in [0.4, 0.5) is 0 Å². The van der Waals surface area contributed by atoms with Gasteiger partial charge in [-0.3, -0.25) is 0 Å². The molecule has 1 aromatic carbocycles. The van der Waals surface area contributed by atoms with Gasteiger partial charge in [0.1, 0.15) is 5.75 Å². The molecule has 0 aliphatic carbocycles. The van der Waals surface area contributed by atoms with Crippen molar-refractivity contribution in [3.63, 3.8) is 0 Å². The Balaban J connectivity index is 2.25. The van der Waals surface area contributed by atoms with Gasteiger partial charge in [0.15, 0.2) is 0 Å². The van der Waals surface area contributed by atoms with Crippen LogP contribution in [0.25, 0.3) is 0 Å². The van der Waals surface area contributed by atoms with E-state index in [1.165, 1.54) is 0 Å². The van der Waals surface area contributed by atoms with E-state index in [4.69, 9.17) is 10.00 Å². The topological polar surface area (TPSA) is 33.0 Å². The fourth-order valence-electron chi connectivity index (χ4n) is 1.38. The first-order chi connectivity index (χ1) is 8.63. The Morgan fingerprint density at radius 2 is 1.89 bits per heavy atom. The van der Waals surface area contributed by atoms with Crippen LogP contribution in [0.1, 0.15) is 26.3 Å². The van der Waals surface area contributed by atoms with Crippen LogP contribution in [0.3, 0.4) is 0 Å². The van der Waals surface area contributed by atoms with Gasteiger partial charge < -0.3 is 4.74 Å². The summed E-state index contributed by atoms with van der Waals surface area (Å²) in [6.45, 7) is 7.48. The molecule has 0 fully saturated rings. The molecule has 1 aromatic rings. The molecule has 0 bridgehead atoms. The first kappa shape index (κ1) is 14.9. The third-order valence-corrected chi connectivity index (χ3v) is 4.35. The maximum Gasteiger partial charge on any atom is 0.119 e. The van der Waals surface area contributed by atoms with Gasteiger partial charge in [-0.2, -0.15) is 17.0 Å². The molecule has 0 spiro atoms. The van der Waals surface area contributed by atoms with Crippen molar-refractivity contribution >= 4 is 11.8 Å². The summed E-state index contributed by atoms with van der Waals surface area (Å²) >= 11 is 1.95. The quantitative estimate of drug-likeness (QED) is 0.699. The lowest BCUT2D eigenvalue weighted by atomic mass is 10.2. The monoisotopic (exact) mass is 263 g/mol. The molecular formula is C15H21NOS. The van der Waals surface area contributed by atoms with Crippen molar-refractivity contribution in [1.29, 1.82) is 5.26 Å². The van der Waals surface area contributed by atoms with Gasteiger partial charge >= 0.3 is 0 Å². The van der Waals surface area contributed by atoms with Crippen molar-refractivity contribution in [2.45, 2.75) is 32.4 Å². The second kappa shape index (κ2) is 8.05. The van der Waals surface area contributed by atoms with Gasteiger partial charge in [-0.25, -0.2) is 0 Å². The maximum absolute atomic E-state index is 8.58. The number of thioether (sulfide) groups is 1. The highest BCUT2D eigenvalue weighted by Gasteiger charge is 2.06. The van der Waals surface area contributed by atoms with Crippen LogP contribution in [-0.4, -0.2) is 17.6 Å². The predicted molar refractivity (Wildman–Crippen MR) is 78.0 cm³/mol. The van der Waals surface area contributed by atoms with Crippen molar-refractivity contribution < 1.29 is 4.74 Å². The second-order valence-electron chi connectivity index (χ2n) is 4.65. The molecular weight excluding hydrogens is 242 g/mol. The Labute approximate surface area is 114 Å². The zero-order valence-corrected chi connectivity index (χ0v) is 12.2. The molecule has 0 amide bonds. The first-order valence-electron chi connectivity index (χ1n) is 6.33. The van der Waals surface area contributed by atoms with E-state index in [2.05, 4.69) is 26.8 Å². The number of hydrogen-bond acceptors (Lipinski definition) is 3. The van der Waals surface area contributed by atoms with Gasteiger partial charge in [-0.1, -0.05) is 32.9 Å². The lowest BCUT2D eigenvalue weighted by molar-refractivity contribution is 0.343. The van der Waals surface area contributed by atoms with Crippen LogP contribution in [0, 0.1) is 17.2 Å². The molecule has 18 heavy (non-hydrogen) atoms. The minimum Gasteiger partial charge on any atom is -0.493 e. The summed E-state index contributed by atoms with van der Waals surface area (Å²) in [6, 6.07) is 9.90. The highest BCUT2D eigenvalue weighted by Crippen LogP contribution is 2.19. The van der Waals surface area contributed by atoms with Gasteiger partial charge in [-0.05, 0) is 23.6 Å². The number of nitrogens with zero attached hydrogens (tertiary/aromatic N) is 1. The first-order valence-corrected chi connectivity index (χ1v) is 7.38. The molecule has 0 aliphatic heterocycles. The average Bonchev–Trinajstić information content (AvgIpc) is 2.36. The number of benzene rings is 1. The summed E-state index contributed by atoms with van der Waals surface area (Å²) in [5, 5.41) is 9.25. The fourth-order valence-corrected chi connectivity index (χ4v) is 2.32. The van der Waals surface area contributed by atoms with Crippen LogP contribution in [0.15, 0.2) is 24.3 Å². The maximum atomic E-state index is 8.58. The molecule has 0 aromatic heterocycles. The Morgan fingerprint density at radius 1 is 1.22 bits per heavy atom. The summed E-state index contributed by atoms with van der Waals surface area (Å²) in [6.07, 6.45) is 0.460. The lowest BCUT2D eigenvalue weighted by Gasteiger charge is -2.15. The van der Waals surface area contributed by atoms with Crippen molar-refractivity contribution in [2.24, 2.45) is 5.92 Å². The van der Waals surface area contributed by atoms with Crippen molar-refractivity contribution in [2.75, 3.05) is 12.4 Å². The van der Waals surface area contributed by atoms with E-state index in [0.29, 0.717) is 17.6 Å². The van der Waals surface area contributed by atoms with Gasteiger partial charge in [0.2, 0.25) is 0 Å². The largest absolute Gasteiger partial charge is 0.493 e. The lowest BCUT2D eigenvalue weighted by Crippen LogP contribution is -2.09. The van der Waals surface area contributed by atoms with Crippen LogP contribution < -0.4 is 4.74 Å². The number of hydrogen-bond donors (Lipinski definition) is 0. The van der Waals surface area contributed by atoms with Crippen LogP contribution in [0.5, 0.6) is 5.75 Å². The minimum atomic E-state index is 0.460. The SMILES string of the molecule is CC(C)C(C)SCCOc1ccc(CC#N)cc1. The summed E-state index contributed by atoms with van der Waals surface area (Å²) in [5.74, 6) is 2.61. The molecule has 0 heterocycles. The van der Waals surface area contributed by atoms with Gasteiger partial charge in [0.05, 0.1) is 19.1 Å². The Hall–Kier alpha value is -1.14. The normalized spacial score (nSPS) is 12.2. The Morgan fingerprint density at radius 3 is 2.44 bits per heavy atom. The predicted octanol–water partition coefficient (Wildman–Crippen LogP) is 3.91. The van der Waals surface area contributed by atoms with E-state index in [9.17, 15) is 0 Å². The third-order valence-electron chi connectivity index (χ3n) is 2.88. The molecule has 0 radical (unpaired) electrons. The molecule has 0 saturated heterocycles. The summed E-state index contributed by atoms with van der Waals surface area (Å²) in [4.78, 5) is 0. The molecule has 0 aliphatic rings. The number of rotatable bonds is 7. The van der Waals surface area contributed by atoms with E-state index in [0.717, 1.165) is 23.7 Å². The molecule has 98 valence electrons. The number of ether oxygens (including phenoxy) is 1. The van der Waals surface area contributed by atoms with E-state index < -0.39 is 0 Å². The van der Waals surface area contributed by atoms with Crippen LogP contribution in [0.2, 0.25) is 0 Å². The average molecular weight is 263 g/mol. The zero-order chi connectivity index (χ0) is 13.4. The van der Waals surface area contributed by atoms with E-state index in [1.807, 2.05) is 36.0 Å². The molecule has 2 nitrogen and oxygen atoms in total. The molecule has 1 rings (SSSR count). The van der Waals surface area contributed by atoms with Gasteiger partial charge in [0, 0.05) is 11.0 Å². The fraction of sp³-hybridized carbons (Fsp3) is 0.533. The zero-order valence-electron chi connectivity index (χ0n) is 11.3. The van der Waals surface area contributed by atoms with Gasteiger partial charge in [0.25, 0.3) is 0 Å². The van der Waals surface area contributed by atoms with Crippen molar-refractivity contribution in [3.05, 3.63) is 29.8 Å². The van der Waals surface area contributed by atoms with E-state index in [-0.39, 0.29) is 0 Å². The summed E-state index contributed by atoms with van der Waals surface area (Å²) in [7, 11) is 0. The van der Waals surface area contributed by atoms with Crippen LogP contribution in [-0.2, 0) is 6.42 Å². The molecule has 0 saturated carbocycles. The molecule has 0 N–H and O–H groups in total. The highest BCUT2D eigenvalue weighted by atomic mass is 32.2. The smallest absolute Gasteiger partial charge is 0.119 e. The summed E-state index contributed by atoms with van der Waals surface area (Å²) in [5.41, 5.74) is 1.03. The van der Waals surface area contributed by atoms with Crippen LogP contribution >= 0.6 is 11.8 Å². The third kappa shape index (κ3) is 5.46. The van der Waals surface area contributed by atoms with Gasteiger partial charge in [-0.15, -0.1) is 0 Å². The Bertz CT molecular complexity index is 380. The molecule has 1 unspecified atom stereocenters. The second-order valence-corrected chi connectivity index (χ2v) is 6.13. The standard InChI is InChI=1S/C15H21NOS/c1-12(2)13(3)18-11-10-17-15-6-4-14(5-7-15)8-9-16/h4-7,12-13H,8,10-11H2,1-3H3. The molecule has 3 heteroatoms. The number of nitriles is 1. The summed E-state index contributed by atoms with van der Waals surface area (Å²) < 4.78 is 5.67. The van der Waals surface area contributed by atoms with Crippen molar-refractivity contribution in [3.8, 4) is 11.8 Å². The minimum absolute atomic E-state index is 0.460. The molecule has 1 atom stereocenters. The van der Waals surface area contributed by atoms with E-state index >= 15 is 0 Å². The Kier molecular flexibility index (Phi) is 6.67. The van der Waals surface area contributed by atoms with Crippen molar-refractivity contribution in [1.82, 2.24) is 0 Å².